The zero-order chi connectivity index (χ0) is 17.2. The first kappa shape index (κ1) is 18.8. The predicted octanol–water partition coefficient (Wildman–Crippen LogP) is 4.48. The van der Waals surface area contributed by atoms with E-state index in [2.05, 4.69) is 36.9 Å². The van der Waals surface area contributed by atoms with E-state index in [1.54, 1.807) is 0 Å². The van der Waals surface area contributed by atoms with Crippen LogP contribution in [0.3, 0.4) is 0 Å². The van der Waals surface area contributed by atoms with Gasteiger partial charge in [0.1, 0.15) is 18.5 Å². The fourth-order valence-electron chi connectivity index (χ4n) is 2.92. The highest BCUT2D eigenvalue weighted by Gasteiger charge is 2.12. The number of fused-ring (bicyclic) bond motifs is 1. The monoisotopic (exact) mass is 329 g/mol. The minimum Gasteiger partial charge on any atom is -0.490 e. The molecule has 0 fully saturated rings. The summed E-state index contributed by atoms with van der Waals surface area (Å²) >= 11 is 0. The number of rotatable bonds is 11. The highest BCUT2D eigenvalue weighted by Crippen LogP contribution is 2.25. The first-order valence-corrected chi connectivity index (χ1v) is 9.25. The summed E-state index contributed by atoms with van der Waals surface area (Å²) < 4.78 is 5.91. The van der Waals surface area contributed by atoms with Gasteiger partial charge in [0.15, 0.2) is 0 Å². The average Bonchev–Trinajstić information content (AvgIpc) is 2.62. The van der Waals surface area contributed by atoms with Gasteiger partial charge in [-0.15, -0.1) is 0 Å². The number of unbranched alkanes of at least 4 members (excludes halogenated alkanes) is 2. The van der Waals surface area contributed by atoms with E-state index in [0.29, 0.717) is 13.2 Å². The summed E-state index contributed by atoms with van der Waals surface area (Å²) in [6.45, 7) is 7.55. The second kappa shape index (κ2) is 10.3. The molecule has 2 aromatic rings. The van der Waals surface area contributed by atoms with Crippen LogP contribution < -0.4 is 4.74 Å². The Kier molecular flexibility index (Phi) is 8.06. The molecule has 0 bridgehead atoms. The quantitative estimate of drug-likeness (QED) is 0.659. The van der Waals surface area contributed by atoms with Gasteiger partial charge in [-0.3, -0.25) is 0 Å². The third kappa shape index (κ3) is 5.81. The van der Waals surface area contributed by atoms with Crippen LogP contribution in [0, 0.1) is 0 Å². The van der Waals surface area contributed by atoms with Gasteiger partial charge in [0.25, 0.3) is 0 Å². The summed E-state index contributed by atoms with van der Waals surface area (Å²) in [7, 11) is 0. The van der Waals surface area contributed by atoms with Crippen molar-refractivity contribution in [2.45, 2.75) is 45.6 Å². The third-order valence-corrected chi connectivity index (χ3v) is 4.31. The molecule has 1 N–H and O–H groups in total. The largest absolute Gasteiger partial charge is 0.490 e. The van der Waals surface area contributed by atoms with Crippen LogP contribution in [-0.2, 0) is 0 Å². The van der Waals surface area contributed by atoms with Crippen molar-refractivity contribution >= 4 is 10.8 Å². The number of aliphatic hydroxyl groups excluding tert-OH is 1. The molecule has 0 amide bonds. The summed E-state index contributed by atoms with van der Waals surface area (Å²) in [6, 6.07) is 14.2. The van der Waals surface area contributed by atoms with Crippen molar-refractivity contribution < 1.29 is 9.84 Å². The zero-order valence-electron chi connectivity index (χ0n) is 15.1. The van der Waals surface area contributed by atoms with Crippen molar-refractivity contribution in [3.8, 4) is 5.75 Å². The Morgan fingerprint density at radius 2 is 1.62 bits per heavy atom. The van der Waals surface area contributed by atoms with Gasteiger partial charge in [-0.25, -0.2) is 0 Å². The van der Waals surface area contributed by atoms with Gasteiger partial charge in [0.05, 0.1) is 0 Å². The molecule has 0 aliphatic carbocycles. The third-order valence-electron chi connectivity index (χ3n) is 4.31. The lowest BCUT2D eigenvalue weighted by Gasteiger charge is -2.25. The Morgan fingerprint density at radius 3 is 2.33 bits per heavy atom. The Bertz CT molecular complexity index is 586. The maximum Gasteiger partial charge on any atom is 0.127 e. The van der Waals surface area contributed by atoms with Crippen LogP contribution in [0.25, 0.3) is 10.8 Å². The topological polar surface area (TPSA) is 32.7 Å². The molecule has 0 saturated carbocycles. The molecule has 0 radical (unpaired) electrons. The number of nitrogens with zero attached hydrogens (tertiary/aromatic N) is 1. The molecule has 0 aromatic heterocycles. The summed E-state index contributed by atoms with van der Waals surface area (Å²) in [4.78, 5) is 2.37. The normalized spacial score (nSPS) is 12.7. The molecule has 3 nitrogen and oxygen atoms in total. The lowest BCUT2D eigenvalue weighted by Crippen LogP contribution is -2.36. The number of aliphatic hydroxyl groups is 1. The first-order valence-electron chi connectivity index (χ1n) is 9.25. The lowest BCUT2D eigenvalue weighted by molar-refractivity contribution is 0.0677. The van der Waals surface area contributed by atoms with Gasteiger partial charge >= 0.3 is 0 Å². The molecule has 1 atom stereocenters. The van der Waals surface area contributed by atoms with E-state index in [4.69, 9.17) is 4.74 Å². The molecule has 0 aliphatic rings. The van der Waals surface area contributed by atoms with Crippen molar-refractivity contribution in [2.75, 3.05) is 26.2 Å². The number of hydrogen-bond acceptors (Lipinski definition) is 3. The molecule has 0 unspecified atom stereocenters. The second-order valence-corrected chi connectivity index (χ2v) is 6.45. The van der Waals surface area contributed by atoms with E-state index in [0.717, 1.165) is 29.6 Å². The minimum absolute atomic E-state index is 0.336. The van der Waals surface area contributed by atoms with Crippen LogP contribution in [0.2, 0.25) is 0 Å². The van der Waals surface area contributed by atoms with Crippen molar-refractivity contribution in [3.05, 3.63) is 42.5 Å². The average molecular weight is 329 g/mol. The van der Waals surface area contributed by atoms with Gasteiger partial charge < -0.3 is 14.7 Å². The molecule has 0 heterocycles. The van der Waals surface area contributed by atoms with E-state index in [-0.39, 0.29) is 0 Å². The summed E-state index contributed by atoms with van der Waals surface area (Å²) in [5.74, 6) is 0.848. The van der Waals surface area contributed by atoms with Gasteiger partial charge in [0.2, 0.25) is 0 Å². The Balaban J connectivity index is 1.89. The lowest BCUT2D eigenvalue weighted by atomic mass is 10.1. The maximum atomic E-state index is 10.4. The highest BCUT2D eigenvalue weighted by molar-refractivity contribution is 5.88. The molecule has 2 rings (SSSR count). The van der Waals surface area contributed by atoms with Gasteiger partial charge in [-0.05, 0) is 37.4 Å². The Labute approximate surface area is 146 Å². The van der Waals surface area contributed by atoms with E-state index < -0.39 is 6.10 Å². The van der Waals surface area contributed by atoms with Crippen LogP contribution >= 0.6 is 0 Å². The standard InChI is InChI=1S/C21H31NO2/c1-3-5-14-22(15-6-4-2)16-19(23)17-24-21-13-9-11-18-10-7-8-12-20(18)21/h7-13,19,23H,3-6,14-17H2,1-2H3/t19-/m0/s1. The van der Waals surface area contributed by atoms with Crippen molar-refractivity contribution in [1.82, 2.24) is 4.90 Å². The molecule has 0 aliphatic heterocycles. The Morgan fingerprint density at radius 1 is 0.958 bits per heavy atom. The van der Waals surface area contributed by atoms with Crippen molar-refractivity contribution in [3.63, 3.8) is 0 Å². The predicted molar refractivity (Wildman–Crippen MR) is 102 cm³/mol. The highest BCUT2D eigenvalue weighted by atomic mass is 16.5. The molecule has 0 saturated heterocycles. The van der Waals surface area contributed by atoms with Crippen LogP contribution in [0.4, 0.5) is 0 Å². The minimum atomic E-state index is -0.460. The van der Waals surface area contributed by atoms with Crippen LogP contribution in [0.15, 0.2) is 42.5 Å². The fourth-order valence-corrected chi connectivity index (χ4v) is 2.92. The second-order valence-electron chi connectivity index (χ2n) is 6.45. The van der Waals surface area contributed by atoms with Gasteiger partial charge in [-0.2, -0.15) is 0 Å². The molecule has 0 spiro atoms. The smallest absolute Gasteiger partial charge is 0.127 e. The van der Waals surface area contributed by atoms with Crippen molar-refractivity contribution in [2.24, 2.45) is 0 Å². The molecule has 132 valence electrons. The Hall–Kier alpha value is -1.58. The van der Waals surface area contributed by atoms with E-state index in [1.165, 1.54) is 25.7 Å². The summed E-state index contributed by atoms with van der Waals surface area (Å²) in [6.07, 6.45) is 4.27. The molecule has 2 aromatic carbocycles. The van der Waals surface area contributed by atoms with Crippen LogP contribution in [0.1, 0.15) is 39.5 Å². The number of benzene rings is 2. The zero-order valence-corrected chi connectivity index (χ0v) is 15.1. The molecule has 3 heteroatoms. The van der Waals surface area contributed by atoms with E-state index >= 15 is 0 Å². The fraction of sp³-hybridized carbons (Fsp3) is 0.524. The SMILES string of the molecule is CCCCN(CCCC)C[C@H](O)COc1cccc2ccccc12. The summed E-state index contributed by atoms with van der Waals surface area (Å²) in [5.41, 5.74) is 0. The first-order chi connectivity index (χ1) is 11.7. The van der Waals surface area contributed by atoms with Gasteiger partial charge in [0, 0.05) is 11.9 Å². The number of ether oxygens (including phenoxy) is 1. The molecular weight excluding hydrogens is 298 g/mol. The van der Waals surface area contributed by atoms with Gasteiger partial charge in [-0.1, -0.05) is 63.1 Å². The maximum absolute atomic E-state index is 10.4. The van der Waals surface area contributed by atoms with Crippen LogP contribution in [-0.4, -0.2) is 42.4 Å². The van der Waals surface area contributed by atoms with Crippen molar-refractivity contribution in [1.29, 1.82) is 0 Å². The molecule has 24 heavy (non-hydrogen) atoms. The molecular formula is C21H31NO2. The van der Waals surface area contributed by atoms with E-state index in [1.807, 2.05) is 24.3 Å². The van der Waals surface area contributed by atoms with Crippen LogP contribution in [0.5, 0.6) is 5.75 Å². The van der Waals surface area contributed by atoms with E-state index in [9.17, 15) is 5.11 Å². The summed E-state index contributed by atoms with van der Waals surface area (Å²) in [5, 5.41) is 12.6. The number of hydrogen-bond donors (Lipinski definition) is 1.